The van der Waals surface area contributed by atoms with Gasteiger partial charge in [-0.05, 0) is 96.2 Å². The van der Waals surface area contributed by atoms with Crippen molar-refractivity contribution in [1.29, 1.82) is 0 Å². The number of thioether (sulfide) groups is 1. The lowest BCUT2D eigenvalue weighted by atomic mass is 10.1. The molecule has 1 aliphatic rings. The van der Waals surface area contributed by atoms with Gasteiger partial charge in [0.25, 0.3) is 11.1 Å². The molecule has 2 aromatic rings. The number of carbonyl (C=O) groups is 2. The molecule has 2 amide bonds. The molecule has 1 fully saturated rings. The fraction of sp³-hybridized carbons (Fsp3) is 0.200. The summed E-state index contributed by atoms with van der Waals surface area (Å²) in [6.07, 6.45) is 1.69. The minimum atomic E-state index is -0.367. The standard InChI is InChI=1S/C20H17ClINO4S/c1-11(2)27-18-15(22)8-12(9-16(18)26-3)10-17-19(24)23(20(25)28-17)14-6-4-13(21)5-7-14/h4-11H,1-3H3/b17-10+. The van der Waals surface area contributed by atoms with E-state index in [-0.39, 0.29) is 17.3 Å². The van der Waals surface area contributed by atoms with Gasteiger partial charge in [0.15, 0.2) is 11.5 Å². The Morgan fingerprint density at radius 2 is 1.86 bits per heavy atom. The highest BCUT2D eigenvalue weighted by atomic mass is 127. The molecule has 0 radical (unpaired) electrons. The van der Waals surface area contributed by atoms with Crippen LogP contribution in [-0.4, -0.2) is 24.4 Å². The number of hydrogen-bond acceptors (Lipinski definition) is 5. The Hall–Kier alpha value is -1.71. The van der Waals surface area contributed by atoms with E-state index in [1.807, 2.05) is 19.9 Å². The minimum absolute atomic E-state index is 0.00383. The van der Waals surface area contributed by atoms with E-state index < -0.39 is 0 Å². The molecule has 0 unspecified atom stereocenters. The fourth-order valence-electron chi connectivity index (χ4n) is 2.61. The number of rotatable bonds is 5. The zero-order valence-electron chi connectivity index (χ0n) is 15.4. The molecular formula is C20H17ClINO4S. The predicted molar refractivity (Wildman–Crippen MR) is 121 cm³/mol. The molecule has 8 heteroatoms. The van der Waals surface area contributed by atoms with Crippen LogP contribution in [0.1, 0.15) is 19.4 Å². The molecule has 0 aromatic heterocycles. The Morgan fingerprint density at radius 3 is 2.46 bits per heavy atom. The first-order valence-corrected chi connectivity index (χ1v) is 10.6. The molecule has 3 rings (SSSR count). The predicted octanol–water partition coefficient (Wildman–Crippen LogP) is 5.98. The van der Waals surface area contributed by atoms with Crippen LogP contribution < -0.4 is 14.4 Å². The summed E-state index contributed by atoms with van der Waals surface area (Å²) >= 11 is 8.95. The van der Waals surface area contributed by atoms with Gasteiger partial charge < -0.3 is 9.47 Å². The van der Waals surface area contributed by atoms with E-state index in [1.54, 1.807) is 43.5 Å². The summed E-state index contributed by atoms with van der Waals surface area (Å²) < 4.78 is 12.1. The van der Waals surface area contributed by atoms with Crippen LogP contribution in [0.4, 0.5) is 10.5 Å². The van der Waals surface area contributed by atoms with Gasteiger partial charge in [0.1, 0.15) is 0 Å². The Kier molecular flexibility index (Phi) is 6.57. The number of ether oxygens (including phenoxy) is 2. The van der Waals surface area contributed by atoms with Crippen LogP contribution in [0.5, 0.6) is 11.5 Å². The highest BCUT2D eigenvalue weighted by Gasteiger charge is 2.36. The summed E-state index contributed by atoms with van der Waals surface area (Å²) in [5, 5.41) is 0.191. The normalized spacial score (nSPS) is 15.6. The molecule has 0 bridgehead atoms. The monoisotopic (exact) mass is 529 g/mol. The third-order valence-electron chi connectivity index (χ3n) is 3.78. The van der Waals surface area contributed by atoms with Crippen LogP contribution in [0.25, 0.3) is 6.08 Å². The van der Waals surface area contributed by atoms with E-state index in [4.69, 9.17) is 21.1 Å². The van der Waals surface area contributed by atoms with Crippen LogP contribution in [0.2, 0.25) is 5.02 Å². The maximum Gasteiger partial charge on any atom is 0.298 e. The molecule has 0 atom stereocenters. The number of carbonyl (C=O) groups excluding carboxylic acids is 2. The molecule has 0 saturated carbocycles. The summed E-state index contributed by atoms with van der Waals surface area (Å²) in [6.45, 7) is 3.88. The van der Waals surface area contributed by atoms with E-state index in [2.05, 4.69) is 22.6 Å². The number of halogens is 2. The molecule has 5 nitrogen and oxygen atoms in total. The molecule has 1 heterocycles. The quantitative estimate of drug-likeness (QED) is 0.352. The second-order valence-electron chi connectivity index (χ2n) is 6.19. The van der Waals surface area contributed by atoms with E-state index in [0.717, 1.165) is 25.8 Å². The fourth-order valence-corrected chi connectivity index (χ4v) is 4.32. The summed E-state index contributed by atoms with van der Waals surface area (Å²) in [4.78, 5) is 26.7. The van der Waals surface area contributed by atoms with Gasteiger partial charge in [-0.25, -0.2) is 4.90 Å². The van der Waals surface area contributed by atoms with Gasteiger partial charge in [-0.1, -0.05) is 11.6 Å². The van der Waals surface area contributed by atoms with Crippen molar-refractivity contribution in [3.63, 3.8) is 0 Å². The largest absolute Gasteiger partial charge is 0.493 e. The lowest BCUT2D eigenvalue weighted by Crippen LogP contribution is -2.27. The third kappa shape index (κ3) is 4.47. The van der Waals surface area contributed by atoms with Gasteiger partial charge in [-0.15, -0.1) is 0 Å². The molecule has 1 aliphatic heterocycles. The number of anilines is 1. The van der Waals surface area contributed by atoms with Crippen LogP contribution in [0.15, 0.2) is 41.3 Å². The van der Waals surface area contributed by atoms with Crippen molar-refractivity contribution in [2.75, 3.05) is 12.0 Å². The van der Waals surface area contributed by atoms with E-state index in [9.17, 15) is 9.59 Å². The zero-order chi connectivity index (χ0) is 20.4. The molecule has 2 aromatic carbocycles. The Morgan fingerprint density at radius 1 is 1.18 bits per heavy atom. The van der Waals surface area contributed by atoms with Crippen LogP contribution in [0.3, 0.4) is 0 Å². The first-order valence-electron chi connectivity index (χ1n) is 8.38. The smallest absolute Gasteiger partial charge is 0.298 e. The number of hydrogen-bond donors (Lipinski definition) is 0. The van der Waals surface area contributed by atoms with Crippen molar-refractivity contribution < 1.29 is 19.1 Å². The summed E-state index contributed by atoms with van der Waals surface area (Å²) in [5.74, 6) is 0.863. The average Bonchev–Trinajstić information content (AvgIpc) is 2.91. The zero-order valence-corrected chi connectivity index (χ0v) is 19.1. The molecule has 1 saturated heterocycles. The highest BCUT2D eigenvalue weighted by Crippen LogP contribution is 2.39. The molecule has 0 aliphatic carbocycles. The number of benzene rings is 2. The Balaban J connectivity index is 1.93. The van der Waals surface area contributed by atoms with Crippen LogP contribution >= 0.6 is 46.0 Å². The van der Waals surface area contributed by atoms with E-state index in [0.29, 0.717) is 27.1 Å². The van der Waals surface area contributed by atoms with Gasteiger partial charge in [-0.3, -0.25) is 9.59 Å². The average molecular weight is 530 g/mol. The van der Waals surface area contributed by atoms with Gasteiger partial charge in [0, 0.05) is 5.02 Å². The Bertz CT molecular complexity index is 959. The van der Waals surface area contributed by atoms with Crippen molar-refractivity contribution in [2.24, 2.45) is 0 Å². The van der Waals surface area contributed by atoms with Crippen molar-refractivity contribution in [1.82, 2.24) is 0 Å². The SMILES string of the molecule is COc1cc(/C=C2/SC(=O)N(c3ccc(Cl)cc3)C2=O)cc(I)c1OC(C)C. The topological polar surface area (TPSA) is 55.8 Å². The first-order chi connectivity index (χ1) is 13.3. The van der Waals surface area contributed by atoms with E-state index in [1.165, 1.54) is 0 Å². The van der Waals surface area contributed by atoms with Gasteiger partial charge >= 0.3 is 0 Å². The first kappa shape index (κ1) is 21.0. The summed E-state index contributed by atoms with van der Waals surface area (Å²) in [6, 6.07) is 10.2. The third-order valence-corrected chi connectivity index (χ3v) is 5.70. The second-order valence-corrected chi connectivity index (χ2v) is 8.79. The minimum Gasteiger partial charge on any atom is -0.493 e. The second kappa shape index (κ2) is 8.75. The molecule has 0 spiro atoms. The van der Waals surface area contributed by atoms with Crippen LogP contribution in [-0.2, 0) is 4.79 Å². The lowest BCUT2D eigenvalue weighted by molar-refractivity contribution is -0.113. The summed E-state index contributed by atoms with van der Waals surface area (Å²) in [5.41, 5.74) is 1.24. The van der Waals surface area contributed by atoms with Gasteiger partial charge in [0.05, 0.1) is 27.4 Å². The number of imide groups is 1. The maximum absolute atomic E-state index is 12.8. The van der Waals surface area contributed by atoms with E-state index >= 15 is 0 Å². The summed E-state index contributed by atoms with van der Waals surface area (Å²) in [7, 11) is 1.57. The lowest BCUT2D eigenvalue weighted by Gasteiger charge is -2.16. The molecule has 28 heavy (non-hydrogen) atoms. The molecular weight excluding hydrogens is 513 g/mol. The van der Waals surface area contributed by atoms with Crippen molar-refractivity contribution >= 4 is 68.9 Å². The Labute approximate surface area is 186 Å². The number of amides is 2. The van der Waals surface area contributed by atoms with Crippen molar-refractivity contribution in [3.8, 4) is 11.5 Å². The molecule has 0 N–H and O–H groups in total. The van der Waals surface area contributed by atoms with Crippen molar-refractivity contribution in [2.45, 2.75) is 20.0 Å². The maximum atomic E-state index is 12.8. The highest BCUT2D eigenvalue weighted by molar-refractivity contribution is 14.1. The molecule has 146 valence electrons. The van der Waals surface area contributed by atoms with Crippen molar-refractivity contribution in [3.05, 3.63) is 55.5 Å². The number of methoxy groups -OCH3 is 1. The van der Waals surface area contributed by atoms with Gasteiger partial charge in [0.2, 0.25) is 0 Å². The number of nitrogens with zero attached hydrogens (tertiary/aromatic N) is 1. The van der Waals surface area contributed by atoms with Crippen LogP contribution in [0, 0.1) is 3.57 Å². The van der Waals surface area contributed by atoms with Gasteiger partial charge in [-0.2, -0.15) is 0 Å².